The van der Waals surface area contributed by atoms with Crippen molar-refractivity contribution in [3.8, 4) is 5.75 Å². The van der Waals surface area contributed by atoms with Crippen molar-refractivity contribution in [1.82, 2.24) is 4.90 Å². The Bertz CT molecular complexity index is 471. The van der Waals surface area contributed by atoms with Crippen molar-refractivity contribution in [3.05, 3.63) is 29.3 Å². The topological polar surface area (TPSA) is 83.6 Å². The van der Waals surface area contributed by atoms with Gasteiger partial charge in [0.25, 0.3) is 5.91 Å². The van der Waals surface area contributed by atoms with Crippen molar-refractivity contribution in [2.24, 2.45) is 5.73 Å². The zero-order valence-corrected chi connectivity index (χ0v) is 9.35. The first-order valence-electron chi connectivity index (χ1n) is 5.47. The molecule has 0 aromatic heterocycles. The molecule has 0 spiro atoms. The van der Waals surface area contributed by atoms with Gasteiger partial charge < -0.3 is 15.7 Å². The second-order valence-electron chi connectivity index (χ2n) is 4.10. The highest BCUT2D eigenvalue weighted by atomic mass is 16.3. The molecule has 1 aliphatic heterocycles. The van der Waals surface area contributed by atoms with Gasteiger partial charge >= 0.3 is 0 Å². The number of amides is 2. The first-order chi connectivity index (χ1) is 8.08. The number of phenols is 1. The summed E-state index contributed by atoms with van der Waals surface area (Å²) in [5.74, 6) is -0.344. The molecule has 5 nitrogen and oxygen atoms in total. The molecule has 0 fully saturated rings. The summed E-state index contributed by atoms with van der Waals surface area (Å²) in [7, 11) is 0. The lowest BCUT2D eigenvalue weighted by molar-refractivity contribution is -0.118. The number of fused-ring (bicyclic) bond motifs is 1. The SMILES string of the molecule is NC(=O)CCN1CCc2cc(O)ccc2C1=O. The van der Waals surface area contributed by atoms with Gasteiger partial charge in [-0.1, -0.05) is 0 Å². The van der Waals surface area contributed by atoms with Crippen LogP contribution in [0, 0.1) is 0 Å². The largest absolute Gasteiger partial charge is 0.508 e. The predicted octanol–water partition coefficient (Wildman–Crippen LogP) is 0.266. The summed E-state index contributed by atoms with van der Waals surface area (Å²) in [6.07, 6.45) is 0.868. The van der Waals surface area contributed by atoms with Crippen molar-refractivity contribution in [2.75, 3.05) is 13.1 Å². The van der Waals surface area contributed by atoms with E-state index in [1.807, 2.05) is 0 Å². The van der Waals surface area contributed by atoms with E-state index in [0.29, 0.717) is 25.1 Å². The lowest BCUT2D eigenvalue weighted by Crippen LogP contribution is -2.39. The molecule has 2 amide bonds. The van der Waals surface area contributed by atoms with E-state index in [4.69, 9.17) is 5.73 Å². The fourth-order valence-corrected chi connectivity index (χ4v) is 1.98. The molecule has 0 saturated carbocycles. The Balaban J connectivity index is 2.16. The molecule has 0 bridgehead atoms. The molecule has 0 radical (unpaired) electrons. The number of primary amides is 1. The Morgan fingerprint density at radius 1 is 1.47 bits per heavy atom. The average Bonchev–Trinajstić information content (AvgIpc) is 2.27. The van der Waals surface area contributed by atoms with Crippen LogP contribution in [0.15, 0.2) is 18.2 Å². The van der Waals surface area contributed by atoms with Crippen molar-refractivity contribution < 1.29 is 14.7 Å². The molecule has 0 saturated heterocycles. The van der Waals surface area contributed by atoms with Crippen LogP contribution in [0.4, 0.5) is 0 Å². The van der Waals surface area contributed by atoms with Crippen LogP contribution in [-0.4, -0.2) is 34.9 Å². The first kappa shape index (κ1) is 11.4. The van der Waals surface area contributed by atoms with Crippen LogP contribution in [0.25, 0.3) is 0 Å². The molecule has 2 rings (SSSR count). The Kier molecular flexibility index (Phi) is 2.99. The molecule has 0 aliphatic carbocycles. The highest BCUT2D eigenvalue weighted by Gasteiger charge is 2.24. The first-order valence-corrected chi connectivity index (χ1v) is 5.47. The normalized spacial score (nSPS) is 14.6. The van der Waals surface area contributed by atoms with Crippen LogP contribution >= 0.6 is 0 Å². The molecular weight excluding hydrogens is 220 g/mol. The lowest BCUT2D eigenvalue weighted by atomic mass is 9.98. The van der Waals surface area contributed by atoms with Crippen LogP contribution < -0.4 is 5.73 Å². The molecular formula is C12H14N2O3. The van der Waals surface area contributed by atoms with E-state index in [2.05, 4.69) is 0 Å². The third kappa shape index (κ3) is 2.38. The summed E-state index contributed by atoms with van der Waals surface area (Å²) in [5, 5.41) is 9.33. The molecule has 17 heavy (non-hydrogen) atoms. The summed E-state index contributed by atoms with van der Waals surface area (Å²) < 4.78 is 0. The van der Waals surface area contributed by atoms with E-state index in [1.165, 1.54) is 6.07 Å². The van der Waals surface area contributed by atoms with Crippen LogP contribution in [0.5, 0.6) is 5.75 Å². The van der Waals surface area contributed by atoms with Crippen molar-refractivity contribution in [2.45, 2.75) is 12.8 Å². The number of carbonyl (C=O) groups excluding carboxylic acids is 2. The van der Waals surface area contributed by atoms with E-state index < -0.39 is 5.91 Å². The van der Waals surface area contributed by atoms with Crippen LogP contribution in [0.2, 0.25) is 0 Å². The summed E-state index contributed by atoms with van der Waals surface area (Å²) in [4.78, 5) is 24.3. The van der Waals surface area contributed by atoms with Crippen molar-refractivity contribution in [3.63, 3.8) is 0 Å². The number of hydrogen-bond acceptors (Lipinski definition) is 3. The number of nitrogens with zero attached hydrogens (tertiary/aromatic N) is 1. The number of benzene rings is 1. The Labute approximate surface area is 98.8 Å². The number of rotatable bonds is 3. The van der Waals surface area contributed by atoms with Gasteiger partial charge in [0.05, 0.1) is 0 Å². The highest BCUT2D eigenvalue weighted by Crippen LogP contribution is 2.23. The molecule has 0 atom stereocenters. The lowest BCUT2D eigenvalue weighted by Gasteiger charge is -2.28. The fourth-order valence-electron chi connectivity index (χ4n) is 1.98. The van der Waals surface area contributed by atoms with Crippen molar-refractivity contribution in [1.29, 1.82) is 0 Å². The van der Waals surface area contributed by atoms with E-state index in [-0.39, 0.29) is 18.1 Å². The van der Waals surface area contributed by atoms with Crippen LogP contribution in [0.3, 0.4) is 0 Å². The second kappa shape index (κ2) is 4.45. The smallest absolute Gasteiger partial charge is 0.254 e. The average molecular weight is 234 g/mol. The molecule has 1 aliphatic rings. The van der Waals surface area contributed by atoms with Gasteiger partial charge in [-0.3, -0.25) is 9.59 Å². The quantitative estimate of drug-likeness (QED) is 0.787. The maximum Gasteiger partial charge on any atom is 0.254 e. The summed E-state index contributed by atoms with van der Waals surface area (Å²) in [6.45, 7) is 0.914. The van der Waals surface area contributed by atoms with E-state index >= 15 is 0 Å². The molecule has 1 aromatic rings. The van der Waals surface area contributed by atoms with Gasteiger partial charge in [0.2, 0.25) is 5.91 Å². The molecule has 1 heterocycles. The summed E-state index contributed by atoms with van der Waals surface area (Å²) in [6, 6.07) is 4.72. The van der Waals surface area contributed by atoms with Gasteiger partial charge in [-0.25, -0.2) is 0 Å². The van der Waals surface area contributed by atoms with Gasteiger partial charge in [0, 0.05) is 25.1 Å². The fraction of sp³-hybridized carbons (Fsp3) is 0.333. The Morgan fingerprint density at radius 2 is 2.24 bits per heavy atom. The number of phenolic OH excluding ortho intramolecular Hbond substituents is 1. The third-order valence-electron chi connectivity index (χ3n) is 2.89. The second-order valence-corrected chi connectivity index (χ2v) is 4.10. The minimum Gasteiger partial charge on any atom is -0.508 e. The minimum absolute atomic E-state index is 0.104. The molecule has 90 valence electrons. The van der Waals surface area contributed by atoms with Crippen LogP contribution in [-0.2, 0) is 11.2 Å². The monoisotopic (exact) mass is 234 g/mol. The maximum absolute atomic E-state index is 12.0. The van der Waals surface area contributed by atoms with Gasteiger partial charge in [-0.2, -0.15) is 0 Å². The Morgan fingerprint density at radius 3 is 2.94 bits per heavy atom. The number of nitrogens with two attached hydrogens (primary N) is 1. The van der Waals surface area contributed by atoms with Gasteiger partial charge in [-0.15, -0.1) is 0 Å². The predicted molar refractivity (Wildman–Crippen MR) is 61.5 cm³/mol. The number of aromatic hydroxyl groups is 1. The number of hydrogen-bond donors (Lipinski definition) is 2. The summed E-state index contributed by atoms with van der Waals surface area (Å²) in [5.41, 5.74) is 6.51. The highest BCUT2D eigenvalue weighted by molar-refractivity contribution is 5.97. The van der Waals surface area contributed by atoms with Crippen molar-refractivity contribution >= 4 is 11.8 Å². The minimum atomic E-state index is -0.408. The van der Waals surface area contributed by atoms with E-state index in [1.54, 1.807) is 17.0 Å². The zero-order valence-electron chi connectivity index (χ0n) is 9.35. The number of carbonyl (C=O) groups is 2. The van der Waals surface area contributed by atoms with Gasteiger partial charge in [0.15, 0.2) is 0 Å². The zero-order chi connectivity index (χ0) is 12.4. The molecule has 5 heteroatoms. The Hall–Kier alpha value is -2.04. The molecule has 3 N–H and O–H groups in total. The van der Waals surface area contributed by atoms with Crippen LogP contribution in [0.1, 0.15) is 22.3 Å². The standard InChI is InChI=1S/C12H14N2O3/c13-11(16)4-6-14-5-3-8-7-9(15)1-2-10(8)12(14)17/h1-2,7,15H,3-6H2,(H2,13,16). The van der Waals surface area contributed by atoms with E-state index in [0.717, 1.165) is 5.56 Å². The van der Waals surface area contributed by atoms with E-state index in [9.17, 15) is 14.7 Å². The van der Waals surface area contributed by atoms with Gasteiger partial charge in [0.1, 0.15) is 5.75 Å². The third-order valence-corrected chi connectivity index (χ3v) is 2.89. The summed E-state index contributed by atoms with van der Waals surface area (Å²) >= 11 is 0. The maximum atomic E-state index is 12.0. The molecule has 0 unspecified atom stereocenters. The molecule has 1 aromatic carbocycles. The van der Waals surface area contributed by atoms with Gasteiger partial charge in [-0.05, 0) is 30.2 Å².